The monoisotopic (exact) mass is 301 g/mol. The van der Waals surface area contributed by atoms with Crippen molar-refractivity contribution >= 4 is 33.2 Å². The minimum absolute atomic E-state index is 0.203. The van der Waals surface area contributed by atoms with Crippen LogP contribution in [-0.4, -0.2) is 28.7 Å². The van der Waals surface area contributed by atoms with Crippen LogP contribution in [0.5, 0.6) is 0 Å². The molecule has 1 fully saturated rings. The van der Waals surface area contributed by atoms with E-state index < -0.39 is 0 Å². The SMILES string of the molecule is CCc1ccc(C(=O)N2CCCC(Br)C2)s1. The number of carbonyl (C=O) groups is 1. The van der Waals surface area contributed by atoms with Gasteiger partial charge in [0, 0.05) is 22.8 Å². The predicted molar refractivity (Wildman–Crippen MR) is 71.5 cm³/mol. The summed E-state index contributed by atoms with van der Waals surface area (Å²) < 4.78 is 0. The third-order valence-corrected chi connectivity index (χ3v) is 4.84. The average Bonchev–Trinajstić information content (AvgIpc) is 2.76. The van der Waals surface area contributed by atoms with Gasteiger partial charge < -0.3 is 4.90 Å². The minimum Gasteiger partial charge on any atom is -0.337 e. The summed E-state index contributed by atoms with van der Waals surface area (Å²) >= 11 is 5.23. The van der Waals surface area contributed by atoms with Gasteiger partial charge in [0.25, 0.3) is 5.91 Å². The summed E-state index contributed by atoms with van der Waals surface area (Å²) in [5.41, 5.74) is 0. The second-order valence-electron chi connectivity index (χ2n) is 4.11. The number of alkyl halides is 1. The first-order chi connectivity index (χ1) is 7.70. The van der Waals surface area contributed by atoms with Gasteiger partial charge in [0.05, 0.1) is 4.88 Å². The van der Waals surface area contributed by atoms with E-state index in [0.717, 1.165) is 30.8 Å². The third kappa shape index (κ3) is 2.66. The molecule has 88 valence electrons. The van der Waals surface area contributed by atoms with Crippen molar-refractivity contribution in [2.24, 2.45) is 0 Å². The molecule has 4 heteroatoms. The van der Waals surface area contributed by atoms with Crippen LogP contribution in [0.1, 0.15) is 34.3 Å². The maximum atomic E-state index is 12.2. The Morgan fingerprint density at radius 1 is 1.62 bits per heavy atom. The molecule has 0 radical (unpaired) electrons. The lowest BCUT2D eigenvalue weighted by Gasteiger charge is -2.29. The van der Waals surface area contributed by atoms with Crippen LogP contribution in [0.25, 0.3) is 0 Å². The highest BCUT2D eigenvalue weighted by atomic mass is 79.9. The second kappa shape index (κ2) is 5.32. The molecule has 0 spiro atoms. The van der Waals surface area contributed by atoms with Crippen LogP contribution in [0.3, 0.4) is 0 Å². The lowest BCUT2D eigenvalue weighted by molar-refractivity contribution is 0.0735. The molecular formula is C12H16BrNOS. The summed E-state index contributed by atoms with van der Waals surface area (Å²) in [5, 5.41) is 0. The van der Waals surface area contributed by atoms with Crippen LogP contribution < -0.4 is 0 Å². The van der Waals surface area contributed by atoms with Crippen molar-refractivity contribution in [3.8, 4) is 0 Å². The zero-order valence-electron chi connectivity index (χ0n) is 9.41. The van der Waals surface area contributed by atoms with Gasteiger partial charge in [-0.05, 0) is 31.4 Å². The van der Waals surface area contributed by atoms with Gasteiger partial charge >= 0.3 is 0 Å². The van der Waals surface area contributed by atoms with E-state index in [1.165, 1.54) is 11.3 Å². The van der Waals surface area contributed by atoms with Crippen molar-refractivity contribution in [2.75, 3.05) is 13.1 Å². The largest absolute Gasteiger partial charge is 0.337 e. The molecule has 2 rings (SSSR count). The minimum atomic E-state index is 0.203. The highest BCUT2D eigenvalue weighted by molar-refractivity contribution is 9.09. The molecule has 0 bridgehead atoms. The third-order valence-electron chi connectivity index (χ3n) is 2.87. The summed E-state index contributed by atoms with van der Waals surface area (Å²) in [6, 6.07) is 4.02. The summed E-state index contributed by atoms with van der Waals surface area (Å²) in [6.07, 6.45) is 3.29. The number of nitrogens with zero attached hydrogens (tertiary/aromatic N) is 1. The molecule has 0 aromatic carbocycles. The van der Waals surface area contributed by atoms with E-state index in [1.807, 2.05) is 11.0 Å². The molecule has 16 heavy (non-hydrogen) atoms. The zero-order valence-corrected chi connectivity index (χ0v) is 11.8. The number of aryl methyl sites for hydroxylation is 1. The number of hydrogen-bond donors (Lipinski definition) is 0. The van der Waals surface area contributed by atoms with E-state index in [2.05, 4.69) is 28.9 Å². The number of carbonyl (C=O) groups excluding carboxylic acids is 1. The molecule has 1 aliphatic rings. The molecule has 1 saturated heterocycles. The summed E-state index contributed by atoms with van der Waals surface area (Å²) in [4.78, 5) is 16.8. The molecular weight excluding hydrogens is 286 g/mol. The molecule has 2 heterocycles. The second-order valence-corrected chi connectivity index (χ2v) is 6.57. The number of hydrogen-bond acceptors (Lipinski definition) is 2. The molecule has 1 amide bonds. The van der Waals surface area contributed by atoms with E-state index in [1.54, 1.807) is 11.3 Å². The Balaban J connectivity index is 2.06. The standard InChI is InChI=1S/C12H16BrNOS/c1-2-10-5-6-11(16-10)12(15)14-7-3-4-9(13)8-14/h5-6,9H,2-4,7-8H2,1H3. The van der Waals surface area contributed by atoms with Gasteiger partial charge in [-0.2, -0.15) is 0 Å². The van der Waals surface area contributed by atoms with Crippen molar-refractivity contribution in [1.29, 1.82) is 0 Å². The molecule has 1 unspecified atom stereocenters. The summed E-state index contributed by atoms with van der Waals surface area (Å²) in [6.45, 7) is 3.87. The van der Waals surface area contributed by atoms with Gasteiger partial charge in [-0.15, -0.1) is 11.3 Å². The van der Waals surface area contributed by atoms with Crippen LogP contribution >= 0.6 is 27.3 Å². The van der Waals surface area contributed by atoms with E-state index in [9.17, 15) is 4.79 Å². The Bertz CT molecular complexity index is 377. The fourth-order valence-corrected chi connectivity index (χ4v) is 3.54. The van der Waals surface area contributed by atoms with E-state index in [-0.39, 0.29) is 5.91 Å². The predicted octanol–water partition coefficient (Wildman–Crippen LogP) is 3.31. The Morgan fingerprint density at radius 3 is 3.06 bits per heavy atom. The average molecular weight is 302 g/mol. The Morgan fingerprint density at radius 2 is 2.44 bits per heavy atom. The quantitative estimate of drug-likeness (QED) is 0.768. The molecule has 1 aromatic heterocycles. The Hall–Kier alpha value is -0.350. The molecule has 1 atom stereocenters. The molecule has 2 nitrogen and oxygen atoms in total. The van der Waals surface area contributed by atoms with Gasteiger partial charge in [0.1, 0.15) is 0 Å². The van der Waals surface area contributed by atoms with Crippen LogP contribution in [0.4, 0.5) is 0 Å². The van der Waals surface area contributed by atoms with Crippen molar-refractivity contribution in [3.05, 3.63) is 21.9 Å². The van der Waals surface area contributed by atoms with E-state index >= 15 is 0 Å². The molecule has 0 saturated carbocycles. The highest BCUT2D eigenvalue weighted by Gasteiger charge is 2.23. The number of halogens is 1. The van der Waals surface area contributed by atoms with Crippen LogP contribution in [0.15, 0.2) is 12.1 Å². The fraction of sp³-hybridized carbons (Fsp3) is 0.583. The summed E-state index contributed by atoms with van der Waals surface area (Å²) in [5.74, 6) is 0.203. The zero-order chi connectivity index (χ0) is 11.5. The number of thiophene rings is 1. The Labute approximate surface area is 109 Å². The van der Waals surface area contributed by atoms with Crippen molar-refractivity contribution in [1.82, 2.24) is 4.90 Å². The fourth-order valence-electron chi connectivity index (χ4n) is 1.95. The molecule has 1 aliphatic heterocycles. The maximum Gasteiger partial charge on any atom is 0.263 e. The van der Waals surface area contributed by atoms with E-state index in [0.29, 0.717) is 4.83 Å². The lowest BCUT2D eigenvalue weighted by Crippen LogP contribution is -2.39. The number of amides is 1. The van der Waals surface area contributed by atoms with Crippen molar-refractivity contribution < 1.29 is 4.79 Å². The number of rotatable bonds is 2. The first-order valence-electron chi connectivity index (χ1n) is 5.72. The Kier molecular flexibility index (Phi) is 4.03. The van der Waals surface area contributed by atoms with Crippen molar-refractivity contribution in [3.63, 3.8) is 0 Å². The maximum absolute atomic E-state index is 12.2. The first kappa shape index (κ1) is 12.1. The van der Waals surface area contributed by atoms with Crippen LogP contribution in [0.2, 0.25) is 0 Å². The van der Waals surface area contributed by atoms with Crippen LogP contribution in [-0.2, 0) is 6.42 Å². The number of likely N-dealkylation sites (tertiary alicyclic amines) is 1. The highest BCUT2D eigenvalue weighted by Crippen LogP contribution is 2.22. The normalized spacial score (nSPS) is 21.1. The summed E-state index contributed by atoms with van der Waals surface area (Å²) in [7, 11) is 0. The van der Waals surface area contributed by atoms with Gasteiger partial charge in [-0.1, -0.05) is 22.9 Å². The van der Waals surface area contributed by atoms with Crippen LogP contribution in [0, 0.1) is 0 Å². The van der Waals surface area contributed by atoms with Crippen molar-refractivity contribution in [2.45, 2.75) is 31.0 Å². The van der Waals surface area contributed by atoms with Gasteiger partial charge in [-0.25, -0.2) is 0 Å². The first-order valence-corrected chi connectivity index (χ1v) is 7.46. The van der Waals surface area contributed by atoms with Gasteiger partial charge in [0.2, 0.25) is 0 Å². The molecule has 1 aromatic rings. The topological polar surface area (TPSA) is 20.3 Å². The smallest absolute Gasteiger partial charge is 0.263 e. The molecule has 0 N–H and O–H groups in total. The van der Waals surface area contributed by atoms with Gasteiger partial charge in [-0.3, -0.25) is 4.79 Å². The lowest BCUT2D eigenvalue weighted by atomic mass is 10.1. The molecule has 0 aliphatic carbocycles. The number of piperidine rings is 1. The van der Waals surface area contributed by atoms with E-state index in [4.69, 9.17) is 0 Å². The van der Waals surface area contributed by atoms with Gasteiger partial charge in [0.15, 0.2) is 0 Å².